The molecule has 0 radical (unpaired) electrons. The summed E-state index contributed by atoms with van der Waals surface area (Å²) in [6.45, 7) is 9.45. The number of carbonyl (C=O) groups is 1. The largest absolute Gasteiger partial charge is 0.303 e. The molecule has 19 heavy (non-hydrogen) atoms. The van der Waals surface area contributed by atoms with Gasteiger partial charge in [-0.15, -0.1) is 0 Å². The molecule has 1 unspecified atom stereocenters. The molecule has 0 heterocycles. The van der Waals surface area contributed by atoms with Crippen LogP contribution in [-0.4, -0.2) is 30.3 Å². The number of Topliss-reactive ketones (excluding diaryl/α,β-unsaturated/α-hetero) is 1. The Hall–Kier alpha value is -0.860. The molecule has 0 N–H and O–H groups in total. The predicted molar refractivity (Wildman–Crippen MR) is 82.0 cm³/mol. The van der Waals surface area contributed by atoms with E-state index in [1.165, 1.54) is 6.42 Å². The van der Waals surface area contributed by atoms with Crippen molar-refractivity contribution in [1.82, 2.24) is 4.90 Å². The van der Waals surface area contributed by atoms with Crippen molar-refractivity contribution in [2.75, 3.05) is 19.6 Å². The average molecular weight is 282 g/mol. The van der Waals surface area contributed by atoms with Crippen molar-refractivity contribution in [3.63, 3.8) is 0 Å². The first-order valence-electron chi connectivity index (χ1n) is 7.08. The molecule has 0 saturated heterocycles. The van der Waals surface area contributed by atoms with E-state index in [2.05, 4.69) is 25.7 Å². The van der Waals surface area contributed by atoms with Crippen LogP contribution in [0.25, 0.3) is 0 Å². The molecule has 1 atom stereocenters. The van der Waals surface area contributed by atoms with Crippen molar-refractivity contribution >= 4 is 17.4 Å². The summed E-state index contributed by atoms with van der Waals surface area (Å²) in [7, 11) is 0. The molecule has 0 saturated carbocycles. The number of ketones is 1. The first-order valence-corrected chi connectivity index (χ1v) is 7.46. The van der Waals surface area contributed by atoms with Crippen LogP contribution in [-0.2, 0) is 0 Å². The molecule has 1 aromatic rings. The molecule has 0 spiro atoms. The van der Waals surface area contributed by atoms with Crippen LogP contribution in [0.4, 0.5) is 0 Å². The van der Waals surface area contributed by atoms with Crippen LogP contribution in [0.1, 0.15) is 44.0 Å². The Morgan fingerprint density at radius 3 is 2.58 bits per heavy atom. The van der Waals surface area contributed by atoms with E-state index in [4.69, 9.17) is 11.6 Å². The van der Waals surface area contributed by atoms with Gasteiger partial charge in [0.25, 0.3) is 0 Å². The molecule has 106 valence electrons. The van der Waals surface area contributed by atoms with Gasteiger partial charge in [0.2, 0.25) is 0 Å². The second-order valence-corrected chi connectivity index (χ2v) is 5.47. The highest BCUT2D eigenvalue weighted by Gasteiger charge is 2.12. The zero-order chi connectivity index (χ0) is 14.3. The number of nitrogens with zero attached hydrogens (tertiary/aromatic N) is 1. The van der Waals surface area contributed by atoms with Gasteiger partial charge >= 0.3 is 0 Å². The van der Waals surface area contributed by atoms with E-state index in [0.29, 0.717) is 22.9 Å². The third-order valence-corrected chi connectivity index (χ3v) is 3.87. The number of benzene rings is 1. The maximum Gasteiger partial charge on any atom is 0.165 e. The lowest BCUT2D eigenvalue weighted by atomic mass is 10.1. The van der Waals surface area contributed by atoms with Crippen LogP contribution in [0.2, 0.25) is 5.02 Å². The van der Waals surface area contributed by atoms with Gasteiger partial charge in [-0.2, -0.15) is 0 Å². The van der Waals surface area contributed by atoms with Crippen molar-refractivity contribution in [3.05, 3.63) is 34.9 Å². The van der Waals surface area contributed by atoms with Gasteiger partial charge in [-0.05, 0) is 24.6 Å². The SMILES string of the molecule is CCC(C)CN(CC)CCC(=O)c1ccccc1Cl. The van der Waals surface area contributed by atoms with Crippen molar-refractivity contribution < 1.29 is 4.79 Å². The lowest BCUT2D eigenvalue weighted by molar-refractivity contribution is 0.0961. The summed E-state index contributed by atoms with van der Waals surface area (Å²) in [5.74, 6) is 0.809. The molecule has 0 aliphatic carbocycles. The standard InChI is InChI=1S/C16H24ClNO/c1-4-13(3)12-18(5-2)11-10-16(19)14-8-6-7-9-15(14)17/h6-9,13H,4-5,10-12H2,1-3H3. The summed E-state index contributed by atoms with van der Waals surface area (Å²) in [4.78, 5) is 14.5. The fourth-order valence-electron chi connectivity index (χ4n) is 2.03. The van der Waals surface area contributed by atoms with Gasteiger partial charge in [0.05, 0.1) is 5.02 Å². The van der Waals surface area contributed by atoms with Gasteiger partial charge in [-0.25, -0.2) is 0 Å². The van der Waals surface area contributed by atoms with Gasteiger partial charge in [0.15, 0.2) is 5.78 Å². The minimum atomic E-state index is 0.133. The van der Waals surface area contributed by atoms with Crippen LogP contribution in [0.15, 0.2) is 24.3 Å². The topological polar surface area (TPSA) is 20.3 Å². The molecule has 2 nitrogen and oxygen atoms in total. The minimum Gasteiger partial charge on any atom is -0.303 e. The van der Waals surface area contributed by atoms with Crippen LogP contribution in [0.5, 0.6) is 0 Å². The zero-order valence-electron chi connectivity index (χ0n) is 12.2. The van der Waals surface area contributed by atoms with Crippen LogP contribution in [0.3, 0.4) is 0 Å². The summed E-state index contributed by atoms with van der Waals surface area (Å²) >= 11 is 6.04. The van der Waals surface area contributed by atoms with E-state index in [9.17, 15) is 4.79 Å². The maximum atomic E-state index is 12.1. The number of hydrogen-bond acceptors (Lipinski definition) is 2. The molecule has 0 aliphatic heterocycles. The lowest BCUT2D eigenvalue weighted by Gasteiger charge is -2.23. The van der Waals surface area contributed by atoms with E-state index in [-0.39, 0.29) is 5.78 Å². The minimum absolute atomic E-state index is 0.133. The van der Waals surface area contributed by atoms with Crippen molar-refractivity contribution in [3.8, 4) is 0 Å². The summed E-state index contributed by atoms with van der Waals surface area (Å²) in [5.41, 5.74) is 0.642. The van der Waals surface area contributed by atoms with E-state index in [1.54, 1.807) is 12.1 Å². The van der Waals surface area contributed by atoms with Crippen molar-refractivity contribution in [2.45, 2.75) is 33.6 Å². The van der Waals surface area contributed by atoms with Crippen LogP contribution >= 0.6 is 11.6 Å². The van der Waals surface area contributed by atoms with Crippen LogP contribution in [0, 0.1) is 5.92 Å². The Bertz CT molecular complexity index is 405. The highest BCUT2D eigenvalue weighted by atomic mass is 35.5. The average Bonchev–Trinajstić information content (AvgIpc) is 2.43. The summed E-state index contributed by atoms with van der Waals surface area (Å²) in [6, 6.07) is 7.28. The van der Waals surface area contributed by atoms with Crippen molar-refractivity contribution in [1.29, 1.82) is 0 Å². The van der Waals surface area contributed by atoms with Gasteiger partial charge in [0, 0.05) is 25.1 Å². The number of hydrogen-bond donors (Lipinski definition) is 0. The molecule has 0 aliphatic rings. The maximum absolute atomic E-state index is 12.1. The highest BCUT2D eigenvalue weighted by molar-refractivity contribution is 6.33. The van der Waals surface area contributed by atoms with E-state index >= 15 is 0 Å². The number of rotatable bonds is 8. The third kappa shape index (κ3) is 5.33. The fourth-order valence-corrected chi connectivity index (χ4v) is 2.27. The Kier molecular flexibility index (Phi) is 7.11. The molecule has 0 bridgehead atoms. The zero-order valence-corrected chi connectivity index (χ0v) is 12.9. The second kappa shape index (κ2) is 8.34. The summed E-state index contributed by atoms with van der Waals surface area (Å²) < 4.78 is 0. The van der Waals surface area contributed by atoms with E-state index < -0.39 is 0 Å². The lowest BCUT2D eigenvalue weighted by Crippen LogP contribution is -2.30. The van der Waals surface area contributed by atoms with Gasteiger partial charge < -0.3 is 4.90 Å². The monoisotopic (exact) mass is 281 g/mol. The highest BCUT2D eigenvalue weighted by Crippen LogP contribution is 2.17. The quantitative estimate of drug-likeness (QED) is 0.663. The Labute approximate surface area is 121 Å². The first-order chi connectivity index (χ1) is 9.08. The molecule has 1 aromatic carbocycles. The predicted octanol–water partition coefficient (Wildman–Crippen LogP) is 4.28. The van der Waals surface area contributed by atoms with Gasteiger partial charge in [0.1, 0.15) is 0 Å². The molecular weight excluding hydrogens is 258 g/mol. The second-order valence-electron chi connectivity index (χ2n) is 5.06. The van der Waals surface area contributed by atoms with Gasteiger partial charge in [-0.3, -0.25) is 4.79 Å². The molecule has 0 fully saturated rings. The van der Waals surface area contributed by atoms with E-state index in [0.717, 1.165) is 19.6 Å². The Morgan fingerprint density at radius 1 is 1.32 bits per heavy atom. The normalized spacial score (nSPS) is 12.7. The van der Waals surface area contributed by atoms with Crippen molar-refractivity contribution in [2.24, 2.45) is 5.92 Å². The summed E-state index contributed by atoms with van der Waals surface area (Å²) in [6.07, 6.45) is 1.71. The molecule has 3 heteroatoms. The number of halogens is 1. The molecule has 0 aromatic heterocycles. The molecule has 1 rings (SSSR count). The third-order valence-electron chi connectivity index (χ3n) is 3.54. The van der Waals surface area contributed by atoms with E-state index in [1.807, 2.05) is 12.1 Å². The van der Waals surface area contributed by atoms with Crippen LogP contribution < -0.4 is 0 Å². The van der Waals surface area contributed by atoms with Gasteiger partial charge in [-0.1, -0.05) is 50.9 Å². The fraction of sp³-hybridized carbons (Fsp3) is 0.562. The first kappa shape index (κ1) is 16.2. The summed E-state index contributed by atoms with van der Waals surface area (Å²) in [5, 5.41) is 0.553. The molecular formula is C16H24ClNO. The Morgan fingerprint density at radius 2 is 2.00 bits per heavy atom. The molecule has 0 amide bonds. The smallest absolute Gasteiger partial charge is 0.165 e. The number of carbonyl (C=O) groups excluding carboxylic acids is 1. The Balaban J connectivity index is 2.51.